The molecular formula is C13H20N2O2. The summed E-state index contributed by atoms with van der Waals surface area (Å²) in [6.07, 6.45) is 0.0620. The highest BCUT2D eigenvalue weighted by molar-refractivity contribution is 5.93. The zero-order valence-electron chi connectivity index (χ0n) is 10.6. The van der Waals surface area contributed by atoms with Gasteiger partial charge in [0.05, 0.1) is 6.10 Å². The van der Waals surface area contributed by atoms with Gasteiger partial charge in [-0.2, -0.15) is 0 Å². The highest BCUT2D eigenvalue weighted by Gasteiger charge is 2.11. The Hall–Kier alpha value is -1.39. The molecule has 1 aromatic rings. The molecule has 1 aromatic carbocycles. The van der Waals surface area contributed by atoms with Gasteiger partial charge in [-0.1, -0.05) is 12.1 Å². The van der Waals surface area contributed by atoms with Gasteiger partial charge in [0.2, 0.25) is 0 Å². The number of carbonyl (C=O) groups is 1. The lowest BCUT2D eigenvalue weighted by molar-refractivity contribution is -0.124. The molecule has 0 aliphatic carbocycles. The summed E-state index contributed by atoms with van der Waals surface area (Å²) in [4.78, 5) is 13.4. The minimum absolute atomic E-state index is 0.0563. The molecule has 0 aliphatic heterocycles. The Morgan fingerprint density at radius 1 is 1.35 bits per heavy atom. The van der Waals surface area contributed by atoms with Crippen molar-refractivity contribution in [1.82, 2.24) is 0 Å². The molecule has 0 saturated carbocycles. The number of benzene rings is 1. The van der Waals surface area contributed by atoms with Crippen LogP contribution in [-0.2, 0) is 16.1 Å². The first kappa shape index (κ1) is 13.7. The van der Waals surface area contributed by atoms with E-state index in [0.717, 1.165) is 11.3 Å². The number of amides is 1. The van der Waals surface area contributed by atoms with Crippen molar-refractivity contribution in [2.75, 3.05) is 18.6 Å². The van der Waals surface area contributed by atoms with Crippen molar-refractivity contribution in [3.05, 3.63) is 29.8 Å². The normalized spacial score (nSPS) is 10.6. The lowest BCUT2D eigenvalue weighted by atomic mass is 10.2. The minimum atomic E-state index is -0.0563. The largest absolute Gasteiger partial charge is 0.369 e. The van der Waals surface area contributed by atoms with Crippen LogP contribution in [0.2, 0.25) is 0 Å². The molecule has 0 aliphatic rings. The van der Waals surface area contributed by atoms with E-state index in [0.29, 0.717) is 6.54 Å². The molecule has 0 unspecified atom stereocenters. The first-order chi connectivity index (χ1) is 8.04. The molecule has 0 radical (unpaired) electrons. The highest BCUT2D eigenvalue weighted by atomic mass is 16.5. The van der Waals surface area contributed by atoms with Crippen LogP contribution in [0.15, 0.2) is 24.3 Å². The van der Waals surface area contributed by atoms with Crippen LogP contribution in [-0.4, -0.2) is 25.7 Å². The maximum Gasteiger partial charge on any atom is 0.252 e. The molecule has 0 aromatic heterocycles. The van der Waals surface area contributed by atoms with Crippen molar-refractivity contribution >= 4 is 11.6 Å². The summed E-state index contributed by atoms with van der Waals surface area (Å²) in [5, 5.41) is 0. The van der Waals surface area contributed by atoms with Gasteiger partial charge in [-0.3, -0.25) is 4.79 Å². The van der Waals surface area contributed by atoms with E-state index >= 15 is 0 Å². The number of rotatable bonds is 5. The number of nitrogens with zero attached hydrogens (tertiary/aromatic N) is 1. The van der Waals surface area contributed by atoms with Crippen LogP contribution >= 0.6 is 0 Å². The molecule has 0 spiro atoms. The third-order valence-electron chi connectivity index (χ3n) is 2.47. The predicted molar refractivity (Wildman–Crippen MR) is 68.8 cm³/mol. The van der Waals surface area contributed by atoms with Crippen molar-refractivity contribution < 1.29 is 9.53 Å². The van der Waals surface area contributed by atoms with Gasteiger partial charge in [0.25, 0.3) is 5.91 Å². The van der Waals surface area contributed by atoms with E-state index < -0.39 is 0 Å². The summed E-state index contributed by atoms with van der Waals surface area (Å²) in [6.45, 7) is 4.42. The zero-order chi connectivity index (χ0) is 12.8. The summed E-state index contributed by atoms with van der Waals surface area (Å²) < 4.78 is 5.28. The van der Waals surface area contributed by atoms with Gasteiger partial charge in [0, 0.05) is 19.3 Å². The smallest absolute Gasteiger partial charge is 0.252 e. The molecule has 17 heavy (non-hydrogen) atoms. The molecule has 0 atom stereocenters. The second kappa shape index (κ2) is 6.37. The monoisotopic (exact) mass is 236 g/mol. The first-order valence-electron chi connectivity index (χ1n) is 5.71. The van der Waals surface area contributed by atoms with E-state index in [1.807, 2.05) is 38.1 Å². The van der Waals surface area contributed by atoms with E-state index in [2.05, 4.69) is 0 Å². The van der Waals surface area contributed by atoms with Gasteiger partial charge in [0.1, 0.15) is 6.61 Å². The van der Waals surface area contributed by atoms with Crippen LogP contribution in [0.5, 0.6) is 0 Å². The van der Waals surface area contributed by atoms with Crippen LogP contribution in [0.25, 0.3) is 0 Å². The van der Waals surface area contributed by atoms with E-state index in [9.17, 15) is 4.79 Å². The number of likely N-dealkylation sites (N-methyl/N-ethyl adjacent to an activating group) is 1. The third-order valence-corrected chi connectivity index (χ3v) is 2.47. The van der Waals surface area contributed by atoms with Crippen molar-refractivity contribution in [1.29, 1.82) is 0 Å². The summed E-state index contributed by atoms with van der Waals surface area (Å²) in [5.41, 5.74) is 7.41. The number of hydrogen-bond acceptors (Lipinski definition) is 3. The first-order valence-corrected chi connectivity index (χ1v) is 5.71. The molecule has 1 amide bonds. The highest BCUT2D eigenvalue weighted by Crippen LogP contribution is 2.13. The molecule has 4 heteroatoms. The average Bonchev–Trinajstić information content (AvgIpc) is 2.35. The van der Waals surface area contributed by atoms with Crippen molar-refractivity contribution in [2.45, 2.75) is 26.5 Å². The molecular weight excluding hydrogens is 216 g/mol. The van der Waals surface area contributed by atoms with E-state index in [1.54, 1.807) is 11.9 Å². The van der Waals surface area contributed by atoms with Crippen molar-refractivity contribution in [2.24, 2.45) is 5.73 Å². The predicted octanol–water partition coefficient (Wildman–Crippen LogP) is 1.53. The van der Waals surface area contributed by atoms with Crippen LogP contribution in [0.1, 0.15) is 19.4 Å². The second-order valence-corrected chi connectivity index (χ2v) is 4.18. The summed E-state index contributed by atoms with van der Waals surface area (Å²) in [7, 11) is 1.74. The quantitative estimate of drug-likeness (QED) is 0.843. The van der Waals surface area contributed by atoms with Gasteiger partial charge in [0.15, 0.2) is 0 Å². The minimum Gasteiger partial charge on any atom is -0.369 e. The second-order valence-electron chi connectivity index (χ2n) is 4.18. The van der Waals surface area contributed by atoms with Crippen LogP contribution < -0.4 is 10.6 Å². The van der Waals surface area contributed by atoms with Crippen molar-refractivity contribution in [3.8, 4) is 0 Å². The molecule has 0 heterocycles. The number of hydrogen-bond donors (Lipinski definition) is 1. The van der Waals surface area contributed by atoms with E-state index in [-0.39, 0.29) is 18.6 Å². The standard InChI is InChI=1S/C13H20N2O2/c1-10(2)17-9-13(16)15(3)12-6-4-11(8-14)5-7-12/h4-7,10H,8-9,14H2,1-3H3. The Morgan fingerprint density at radius 3 is 2.41 bits per heavy atom. The summed E-state index contributed by atoms with van der Waals surface area (Å²) >= 11 is 0. The van der Waals surface area contributed by atoms with Crippen LogP contribution in [0.3, 0.4) is 0 Å². The molecule has 0 bridgehead atoms. The lowest BCUT2D eigenvalue weighted by Crippen LogP contribution is -2.31. The summed E-state index contributed by atoms with van der Waals surface area (Å²) in [6, 6.07) is 7.61. The third kappa shape index (κ3) is 4.17. The van der Waals surface area contributed by atoms with E-state index in [1.165, 1.54) is 0 Å². The maximum atomic E-state index is 11.8. The van der Waals surface area contributed by atoms with Gasteiger partial charge in [-0.15, -0.1) is 0 Å². The Balaban J connectivity index is 2.61. The number of nitrogens with two attached hydrogens (primary N) is 1. The van der Waals surface area contributed by atoms with Gasteiger partial charge < -0.3 is 15.4 Å². The SMILES string of the molecule is CC(C)OCC(=O)N(C)c1ccc(CN)cc1. The number of ether oxygens (including phenoxy) is 1. The number of carbonyl (C=O) groups excluding carboxylic acids is 1. The molecule has 1 rings (SSSR count). The van der Waals surface area contributed by atoms with Crippen LogP contribution in [0.4, 0.5) is 5.69 Å². The lowest BCUT2D eigenvalue weighted by Gasteiger charge is -2.18. The van der Waals surface area contributed by atoms with Gasteiger partial charge >= 0.3 is 0 Å². The molecule has 94 valence electrons. The van der Waals surface area contributed by atoms with Gasteiger partial charge in [-0.05, 0) is 31.5 Å². The molecule has 0 saturated heterocycles. The molecule has 4 nitrogen and oxygen atoms in total. The Bertz CT molecular complexity index is 360. The Kier molecular flexibility index (Phi) is 5.12. The summed E-state index contributed by atoms with van der Waals surface area (Å²) in [5.74, 6) is -0.0563. The zero-order valence-corrected chi connectivity index (χ0v) is 10.6. The maximum absolute atomic E-state index is 11.8. The van der Waals surface area contributed by atoms with Crippen molar-refractivity contribution in [3.63, 3.8) is 0 Å². The fraction of sp³-hybridized carbons (Fsp3) is 0.462. The van der Waals surface area contributed by atoms with E-state index in [4.69, 9.17) is 10.5 Å². The molecule has 2 N–H and O–H groups in total. The Labute approximate surface area is 102 Å². The molecule has 0 fully saturated rings. The van der Waals surface area contributed by atoms with Crippen LogP contribution in [0, 0.1) is 0 Å². The topological polar surface area (TPSA) is 55.6 Å². The average molecular weight is 236 g/mol. The Morgan fingerprint density at radius 2 is 1.94 bits per heavy atom. The fourth-order valence-electron chi connectivity index (χ4n) is 1.33. The fourth-order valence-corrected chi connectivity index (χ4v) is 1.33. The number of anilines is 1. The van der Waals surface area contributed by atoms with Gasteiger partial charge in [-0.25, -0.2) is 0 Å².